The van der Waals surface area contributed by atoms with Crippen molar-refractivity contribution in [3.63, 3.8) is 0 Å². The monoisotopic (exact) mass is 199 g/mol. The minimum atomic E-state index is -2.50. The summed E-state index contributed by atoms with van der Waals surface area (Å²) in [6, 6.07) is 1.80. The Morgan fingerprint density at radius 3 is 2.43 bits per heavy atom. The van der Waals surface area contributed by atoms with Gasteiger partial charge in [0.2, 0.25) is 5.92 Å². The molecule has 2 aliphatic carbocycles. The quantitative estimate of drug-likeness (QED) is 0.684. The number of alkyl halides is 2. The van der Waals surface area contributed by atoms with Gasteiger partial charge in [-0.3, -0.25) is 4.79 Å². The minimum absolute atomic E-state index is 0.0592. The molecule has 1 spiro atoms. The number of nitriles is 1. The normalized spacial score (nSPS) is 27.5. The Kier molecular flexibility index (Phi) is 1.88. The molecular weight excluding hydrogens is 188 g/mol. The maximum absolute atomic E-state index is 12.6. The summed E-state index contributed by atoms with van der Waals surface area (Å²) >= 11 is 0. The molecule has 0 saturated heterocycles. The van der Waals surface area contributed by atoms with Crippen molar-refractivity contribution in [3.8, 4) is 6.07 Å². The predicted octanol–water partition coefficient (Wildman–Crippen LogP) is 2.29. The molecule has 0 aliphatic heterocycles. The first-order valence-electron chi connectivity index (χ1n) is 4.74. The van der Waals surface area contributed by atoms with E-state index in [0.29, 0.717) is 12.8 Å². The van der Waals surface area contributed by atoms with Crippen molar-refractivity contribution in [1.29, 1.82) is 5.26 Å². The predicted molar refractivity (Wildman–Crippen MR) is 44.6 cm³/mol. The van der Waals surface area contributed by atoms with Crippen LogP contribution >= 0.6 is 0 Å². The van der Waals surface area contributed by atoms with Crippen LogP contribution in [0.1, 0.15) is 32.1 Å². The van der Waals surface area contributed by atoms with Crippen LogP contribution in [0, 0.1) is 22.7 Å². The molecule has 0 aromatic heterocycles. The first kappa shape index (κ1) is 9.57. The molecule has 2 nitrogen and oxygen atoms in total. The number of halogens is 2. The van der Waals surface area contributed by atoms with Crippen LogP contribution in [0.15, 0.2) is 0 Å². The van der Waals surface area contributed by atoms with Crippen LogP contribution < -0.4 is 0 Å². The van der Waals surface area contributed by atoms with Gasteiger partial charge < -0.3 is 0 Å². The summed E-state index contributed by atoms with van der Waals surface area (Å²) < 4.78 is 25.2. The van der Waals surface area contributed by atoms with Crippen molar-refractivity contribution in [2.75, 3.05) is 0 Å². The Balaban J connectivity index is 1.81. The van der Waals surface area contributed by atoms with Crippen LogP contribution in [0.4, 0.5) is 8.78 Å². The van der Waals surface area contributed by atoms with Gasteiger partial charge in [0.25, 0.3) is 0 Å². The lowest BCUT2D eigenvalue weighted by Gasteiger charge is -2.56. The fourth-order valence-corrected chi connectivity index (χ4v) is 2.77. The molecule has 76 valence electrons. The number of hydrogen-bond donors (Lipinski definition) is 0. The zero-order chi connectivity index (χ0) is 10.4. The molecule has 0 N–H and O–H groups in total. The molecule has 2 aliphatic rings. The van der Waals surface area contributed by atoms with E-state index in [1.807, 2.05) is 0 Å². The lowest BCUT2D eigenvalue weighted by atomic mass is 9.49. The number of ketones is 1. The zero-order valence-corrected chi connectivity index (χ0v) is 7.72. The molecule has 0 amide bonds. The van der Waals surface area contributed by atoms with E-state index in [-0.39, 0.29) is 36.4 Å². The minimum Gasteiger partial charge on any atom is -0.298 e. The van der Waals surface area contributed by atoms with E-state index in [4.69, 9.17) is 5.26 Å². The smallest absolute Gasteiger partial charge is 0.249 e. The van der Waals surface area contributed by atoms with Gasteiger partial charge in [-0.05, 0) is 18.3 Å². The van der Waals surface area contributed by atoms with Crippen molar-refractivity contribution in [2.24, 2.45) is 11.3 Å². The fraction of sp³-hybridized carbons (Fsp3) is 0.800. The summed E-state index contributed by atoms with van der Waals surface area (Å²) in [6.45, 7) is 0. The van der Waals surface area contributed by atoms with Crippen LogP contribution in [0.3, 0.4) is 0 Å². The number of carbonyl (C=O) groups excluding carboxylic acids is 1. The molecule has 2 fully saturated rings. The van der Waals surface area contributed by atoms with E-state index in [1.54, 1.807) is 6.07 Å². The van der Waals surface area contributed by atoms with Gasteiger partial charge in [0.15, 0.2) is 0 Å². The third-order valence-electron chi connectivity index (χ3n) is 3.33. The van der Waals surface area contributed by atoms with E-state index < -0.39 is 5.92 Å². The standard InChI is InChI=1S/C10H11F2NO/c11-10(12)5-9(6-10)3-7(4-9)8(14)1-2-13/h7H,1,3-6H2. The number of nitrogens with zero attached hydrogens (tertiary/aromatic N) is 1. The largest absolute Gasteiger partial charge is 0.298 e. The first-order chi connectivity index (χ1) is 6.46. The Hall–Kier alpha value is -0.980. The van der Waals surface area contributed by atoms with Crippen molar-refractivity contribution in [2.45, 2.75) is 38.0 Å². The summed E-state index contributed by atoms with van der Waals surface area (Å²) in [7, 11) is 0. The van der Waals surface area contributed by atoms with E-state index in [0.717, 1.165) is 0 Å². The number of hydrogen-bond acceptors (Lipinski definition) is 2. The summed E-state index contributed by atoms with van der Waals surface area (Å²) in [6.07, 6.45) is 0.954. The number of carbonyl (C=O) groups is 1. The molecule has 0 aromatic rings. The second-order valence-corrected chi connectivity index (χ2v) is 4.62. The third-order valence-corrected chi connectivity index (χ3v) is 3.33. The number of rotatable bonds is 2. The second-order valence-electron chi connectivity index (χ2n) is 4.62. The maximum Gasteiger partial charge on any atom is 0.249 e. The molecule has 2 rings (SSSR count). The lowest BCUT2D eigenvalue weighted by molar-refractivity contribution is -0.206. The van der Waals surface area contributed by atoms with Gasteiger partial charge in [-0.15, -0.1) is 0 Å². The van der Waals surface area contributed by atoms with Crippen LogP contribution in [0.5, 0.6) is 0 Å². The molecular formula is C10H11F2NO. The van der Waals surface area contributed by atoms with Gasteiger partial charge in [0.1, 0.15) is 5.78 Å². The fourth-order valence-electron chi connectivity index (χ4n) is 2.77. The van der Waals surface area contributed by atoms with E-state index >= 15 is 0 Å². The highest BCUT2D eigenvalue weighted by Gasteiger charge is 2.62. The van der Waals surface area contributed by atoms with Gasteiger partial charge in [0, 0.05) is 18.8 Å². The third kappa shape index (κ3) is 1.41. The van der Waals surface area contributed by atoms with Gasteiger partial charge in [-0.1, -0.05) is 0 Å². The van der Waals surface area contributed by atoms with E-state index in [9.17, 15) is 13.6 Å². The highest BCUT2D eigenvalue weighted by Crippen LogP contribution is 2.64. The Labute approximate surface area is 80.9 Å². The molecule has 0 heterocycles. The molecule has 14 heavy (non-hydrogen) atoms. The van der Waals surface area contributed by atoms with Crippen molar-refractivity contribution < 1.29 is 13.6 Å². The van der Waals surface area contributed by atoms with Crippen LogP contribution in [0.25, 0.3) is 0 Å². The van der Waals surface area contributed by atoms with Crippen molar-refractivity contribution in [1.82, 2.24) is 0 Å². The molecule has 2 saturated carbocycles. The van der Waals surface area contributed by atoms with Gasteiger partial charge in [-0.2, -0.15) is 5.26 Å². The van der Waals surface area contributed by atoms with Crippen LogP contribution in [0.2, 0.25) is 0 Å². The lowest BCUT2D eigenvalue weighted by Crippen LogP contribution is -2.55. The van der Waals surface area contributed by atoms with Crippen LogP contribution in [-0.4, -0.2) is 11.7 Å². The van der Waals surface area contributed by atoms with E-state index in [2.05, 4.69) is 0 Å². The van der Waals surface area contributed by atoms with E-state index in [1.165, 1.54) is 0 Å². The van der Waals surface area contributed by atoms with Gasteiger partial charge >= 0.3 is 0 Å². The van der Waals surface area contributed by atoms with Crippen LogP contribution in [-0.2, 0) is 4.79 Å². The highest BCUT2D eigenvalue weighted by atomic mass is 19.3. The Morgan fingerprint density at radius 2 is 2.00 bits per heavy atom. The SMILES string of the molecule is N#CCC(=O)C1CC2(C1)CC(F)(F)C2. The van der Waals surface area contributed by atoms with Crippen molar-refractivity contribution >= 4 is 5.78 Å². The molecule has 0 radical (unpaired) electrons. The molecule has 0 aromatic carbocycles. The Morgan fingerprint density at radius 1 is 1.43 bits per heavy atom. The maximum atomic E-state index is 12.6. The van der Waals surface area contributed by atoms with Crippen molar-refractivity contribution in [3.05, 3.63) is 0 Å². The number of Topliss-reactive ketones (excluding diaryl/α,β-unsaturated/α-hetero) is 1. The average molecular weight is 199 g/mol. The summed E-state index contributed by atoms with van der Waals surface area (Å²) in [5, 5.41) is 8.30. The average Bonchev–Trinajstić information content (AvgIpc) is 1.95. The highest BCUT2D eigenvalue weighted by molar-refractivity contribution is 5.83. The topological polar surface area (TPSA) is 40.9 Å². The zero-order valence-electron chi connectivity index (χ0n) is 7.72. The second kappa shape index (κ2) is 2.75. The summed E-state index contributed by atoms with van der Waals surface area (Å²) in [5.74, 6) is -2.69. The Bertz CT molecular complexity index is 303. The van der Waals surface area contributed by atoms with Gasteiger partial charge in [0.05, 0.1) is 12.5 Å². The van der Waals surface area contributed by atoms with Gasteiger partial charge in [-0.25, -0.2) is 8.78 Å². The molecule has 0 bridgehead atoms. The molecule has 0 unspecified atom stereocenters. The molecule has 4 heteroatoms. The summed E-state index contributed by atoms with van der Waals surface area (Å²) in [5.41, 5.74) is -0.251. The summed E-state index contributed by atoms with van der Waals surface area (Å²) in [4.78, 5) is 11.2. The molecule has 0 atom stereocenters. The first-order valence-corrected chi connectivity index (χ1v) is 4.74.